The summed E-state index contributed by atoms with van der Waals surface area (Å²) in [6, 6.07) is 11.7. The number of aromatic nitrogens is 3. The fraction of sp³-hybridized carbons (Fsp3) is 0.200. The molecule has 0 fully saturated rings. The number of nitrogens with zero attached hydrogens (tertiary/aromatic N) is 1. The zero-order valence-electron chi connectivity index (χ0n) is 10.9. The van der Waals surface area contributed by atoms with Gasteiger partial charge < -0.3 is 9.67 Å². The Balaban J connectivity index is 1.69. The van der Waals surface area contributed by atoms with E-state index < -0.39 is 11.0 Å². The van der Waals surface area contributed by atoms with Crippen molar-refractivity contribution in [1.29, 1.82) is 0 Å². The Kier molecular flexibility index (Phi) is 3.25. The first-order valence-electron chi connectivity index (χ1n) is 6.59. The van der Waals surface area contributed by atoms with Gasteiger partial charge in [-0.1, -0.05) is 18.2 Å². The molecule has 0 bridgehead atoms. The van der Waals surface area contributed by atoms with Crippen molar-refractivity contribution in [2.24, 2.45) is 0 Å². The van der Waals surface area contributed by atoms with Crippen molar-refractivity contribution in [2.45, 2.75) is 19.4 Å². The Hall–Kier alpha value is -2.56. The van der Waals surface area contributed by atoms with Crippen LogP contribution < -0.4 is 11.0 Å². The van der Waals surface area contributed by atoms with E-state index in [4.69, 9.17) is 0 Å². The Bertz CT molecular complexity index is 842. The van der Waals surface area contributed by atoms with Crippen molar-refractivity contribution in [3.8, 4) is 0 Å². The molecule has 5 heteroatoms. The second-order valence-corrected chi connectivity index (χ2v) is 4.78. The molecule has 2 aromatic heterocycles. The smallest absolute Gasteiger partial charge is 0.310 e. The first-order chi connectivity index (χ1) is 9.74. The summed E-state index contributed by atoms with van der Waals surface area (Å²) in [5.41, 5.74) is 0.865. The molecule has 2 heterocycles. The lowest BCUT2D eigenvalue weighted by atomic mass is 10.2. The molecule has 2 N–H and O–H groups in total. The van der Waals surface area contributed by atoms with Gasteiger partial charge >= 0.3 is 5.56 Å². The lowest BCUT2D eigenvalue weighted by molar-refractivity contribution is 0.648. The van der Waals surface area contributed by atoms with Gasteiger partial charge in [0.05, 0.1) is 0 Å². The maximum absolute atomic E-state index is 11.2. The van der Waals surface area contributed by atoms with Gasteiger partial charge in [-0.15, -0.1) is 0 Å². The van der Waals surface area contributed by atoms with E-state index in [0.29, 0.717) is 0 Å². The molecule has 0 atom stereocenters. The van der Waals surface area contributed by atoms with Crippen LogP contribution >= 0.6 is 0 Å². The van der Waals surface area contributed by atoms with Gasteiger partial charge in [-0.2, -0.15) is 0 Å². The fourth-order valence-corrected chi connectivity index (χ4v) is 2.37. The van der Waals surface area contributed by atoms with Gasteiger partial charge in [-0.05, 0) is 30.4 Å². The van der Waals surface area contributed by atoms with E-state index >= 15 is 0 Å². The number of rotatable bonds is 4. The first-order valence-corrected chi connectivity index (χ1v) is 6.59. The van der Waals surface area contributed by atoms with Crippen LogP contribution in [0.25, 0.3) is 10.9 Å². The lowest BCUT2D eigenvalue weighted by Gasteiger charge is -2.05. The maximum atomic E-state index is 11.2. The summed E-state index contributed by atoms with van der Waals surface area (Å²) < 4.78 is 2.19. The predicted octanol–water partition coefficient (Wildman–Crippen LogP) is 1.65. The number of fused-ring (bicyclic) bond motifs is 1. The average Bonchev–Trinajstić information content (AvgIpc) is 2.86. The molecule has 0 amide bonds. The van der Waals surface area contributed by atoms with Crippen molar-refractivity contribution >= 4 is 10.9 Å². The number of para-hydroxylation sites is 1. The van der Waals surface area contributed by atoms with E-state index in [0.717, 1.165) is 25.1 Å². The van der Waals surface area contributed by atoms with Crippen molar-refractivity contribution in [3.05, 3.63) is 68.9 Å². The maximum Gasteiger partial charge on any atom is 0.310 e. The second-order valence-electron chi connectivity index (χ2n) is 4.78. The molecule has 0 aliphatic carbocycles. The molecule has 5 nitrogen and oxygen atoms in total. The molecule has 0 radical (unpaired) electrons. The Morgan fingerprint density at radius 1 is 1.05 bits per heavy atom. The summed E-state index contributed by atoms with van der Waals surface area (Å²) in [7, 11) is 0. The van der Waals surface area contributed by atoms with E-state index in [-0.39, 0.29) is 0 Å². The summed E-state index contributed by atoms with van der Waals surface area (Å²) in [5, 5.41) is 6.32. The van der Waals surface area contributed by atoms with Gasteiger partial charge in [0.25, 0.3) is 0 Å². The van der Waals surface area contributed by atoms with Gasteiger partial charge in [0.15, 0.2) is 0 Å². The van der Waals surface area contributed by atoms with Crippen molar-refractivity contribution in [3.63, 3.8) is 0 Å². The molecule has 0 unspecified atom stereocenters. The van der Waals surface area contributed by atoms with Gasteiger partial charge in [0.1, 0.15) is 0 Å². The third-order valence-electron chi connectivity index (χ3n) is 3.39. The van der Waals surface area contributed by atoms with E-state index in [9.17, 15) is 9.59 Å². The minimum Gasteiger partial charge on any atom is -0.347 e. The summed E-state index contributed by atoms with van der Waals surface area (Å²) in [4.78, 5) is 22.2. The van der Waals surface area contributed by atoms with Crippen LogP contribution in [-0.2, 0) is 13.0 Å². The van der Waals surface area contributed by atoms with Crippen LogP contribution in [0.3, 0.4) is 0 Å². The van der Waals surface area contributed by atoms with Crippen LogP contribution in [0.4, 0.5) is 0 Å². The number of aromatic amines is 2. The molecule has 3 aromatic rings. The van der Waals surface area contributed by atoms with Crippen LogP contribution in [0, 0.1) is 0 Å². The highest BCUT2D eigenvalue weighted by Gasteiger charge is 2.01. The second kappa shape index (κ2) is 5.21. The highest BCUT2D eigenvalue weighted by molar-refractivity contribution is 5.79. The number of nitrogens with one attached hydrogen (secondary N) is 2. The van der Waals surface area contributed by atoms with Crippen molar-refractivity contribution in [1.82, 2.24) is 14.8 Å². The van der Waals surface area contributed by atoms with Gasteiger partial charge in [0, 0.05) is 30.0 Å². The Morgan fingerprint density at radius 3 is 2.75 bits per heavy atom. The van der Waals surface area contributed by atoms with Gasteiger partial charge in [-0.25, -0.2) is 0 Å². The number of hydrogen-bond acceptors (Lipinski definition) is 2. The zero-order valence-corrected chi connectivity index (χ0v) is 10.9. The molecule has 0 aliphatic rings. The standard InChI is InChI=1S/C15H15N3O2/c19-14-10-12(16-17-15(14)20)5-3-8-18-9-7-11-4-1-2-6-13(11)18/h1-2,4,6-7,9-10H,3,5,8H2,(H,16,19)(H,17,20). The number of hydrogen-bond donors (Lipinski definition) is 2. The van der Waals surface area contributed by atoms with Crippen molar-refractivity contribution in [2.75, 3.05) is 0 Å². The topological polar surface area (TPSA) is 70.7 Å². The largest absolute Gasteiger partial charge is 0.347 e. The number of H-pyrrole nitrogens is 2. The zero-order chi connectivity index (χ0) is 13.9. The molecule has 20 heavy (non-hydrogen) atoms. The molecular weight excluding hydrogens is 254 g/mol. The molecule has 0 spiro atoms. The molecule has 3 rings (SSSR count). The van der Waals surface area contributed by atoms with Crippen LogP contribution in [0.1, 0.15) is 12.1 Å². The summed E-state index contributed by atoms with van der Waals surface area (Å²) in [6.45, 7) is 0.870. The van der Waals surface area contributed by atoms with Crippen molar-refractivity contribution < 1.29 is 0 Å². The number of aryl methyl sites for hydroxylation is 2. The van der Waals surface area contributed by atoms with Crippen LogP contribution in [0.5, 0.6) is 0 Å². The lowest BCUT2D eigenvalue weighted by Crippen LogP contribution is -2.27. The quantitative estimate of drug-likeness (QED) is 0.707. The third kappa shape index (κ3) is 2.42. The minimum atomic E-state index is -0.606. The van der Waals surface area contributed by atoms with Crippen LogP contribution in [0.2, 0.25) is 0 Å². The molecule has 102 valence electrons. The number of benzene rings is 1. The molecule has 0 saturated carbocycles. The minimum absolute atomic E-state index is 0.495. The molecular formula is C15H15N3O2. The normalized spacial score (nSPS) is 11.0. The molecule has 0 saturated heterocycles. The molecule has 1 aromatic carbocycles. The van der Waals surface area contributed by atoms with E-state index in [1.54, 1.807) is 0 Å². The van der Waals surface area contributed by atoms with Crippen LogP contribution in [-0.4, -0.2) is 14.8 Å². The average molecular weight is 269 g/mol. The Labute approximate surface area is 114 Å². The van der Waals surface area contributed by atoms with E-state index in [1.165, 1.54) is 17.0 Å². The molecule has 0 aliphatic heterocycles. The van der Waals surface area contributed by atoms with E-state index in [2.05, 4.69) is 39.2 Å². The highest BCUT2D eigenvalue weighted by atomic mass is 16.2. The fourth-order valence-electron chi connectivity index (χ4n) is 2.37. The monoisotopic (exact) mass is 269 g/mol. The summed E-state index contributed by atoms with van der Waals surface area (Å²) in [6.07, 6.45) is 3.68. The van der Waals surface area contributed by atoms with Crippen LogP contribution in [0.15, 0.2) is 52.2 Å². The Morgan fingerprint density at radius 2 is 1.90 bits per heavy atom. The highest BCUT2D eigenvalue weighted by Crippen LogP contribution is 2.15. The first kappa shape index (κ1) is 12.5. The third-order valence-corrected chi connectivity index (χ3v) is 3.39. The van der Waals surface area contributed by atoms with Gasteiger partial charge in [0.2, 0.25) is 5.43 Å². The van der Waals surface area contributed by atoms with Gasteiger partial charge in [-0.3, -0.25) is 14.7 Å². The SMILES string of the molecule is O=c1cc(CCCn2ccc3ccccc32)[nH][nH]c1=O. The summed E-state index contributed by atoms with van der Waals surface area (Å²) in [5.74, 6) is 0. The predicted molar refractivity (Wildman–Crippen MR) is 77.9 cm³/mol. The van der Waals surface area contributed by atoms with E-state index in [1.807, 2.05) is 12.1 Å². The summed E-state index contributed by atoms with van der Waals surface area (Å²) >= 11 is 0.